The van der Waals surface area contributed by atoms with Crippen molar-refractivity contribution in [1.82, 2.24) is 5.32 Å². The molecule has 0 unspecified atom stereocenters. The van der Waals surface area contributed by atoms with Crippen molar-refractivity contribution in [2.75, 3.05) is 13.1 Å². The smallest absolute Gasteiger partial charge is 0.148 e. The monoisotopic (exact) mass is 295 g/mol. The quantitative estimate of drug-likeness (QED) is 0.848. The van der Waals surface area contributed by atoms with Crippen LogP contribution >= 0.6 is 15.9 Å². The van der Waals surface area contributed by atoms with Crippen LogP contribution < -0.4 is 5.32 Å². The number of piperidine rings is 1. The second kappa shape index (κ2) is 4.35. The van der Waals surface area contributed by atoms with Crippen molar-refractivity contribution in [2.45, 2.75) is 18.8 Å². The lowest BCUT2D eigenvalue weighted by atomic mass is 9.95. The van der Waals surface area contributed by atoms with Gasteiger partial charge in [0.25, 0.3) is 0 Å². The number of nitrogens with one attached hydrogen (secondary N) is 1. The maximum absolute atomic E-state index is 9.55. The molecule has 1 aliphatic rings. The third-order valence-corrected chi connectivity index (χ3v) is 3.91. The van der Waals surface area contributed by atoms with E-state index >= 15 is 0 Å². The van der Waals surface area contributed by atoms with Gasteiger partial charge in [0.2, 0.25) is 0 Å². The van der Waals surface area contributed by atoms with Crippen LogP contribution in [0.3, 0.4) is 0 Å². The number of phenols is 1. The molecule has 0 spiro atoms. The van der Waals surface area contributed by atoms with E-state index in [9.17, 15) is 5.11 Å². The van der Waals surface area contributed by atoms with E-state index in [0.29, 0.717) is 5.92 Å². The molecule has 2 N–H and O–H groups in total. The largest absolute Gasteiger partial charge is 0.508 e. The highest BCUT2D eigenvalue weighted by Crippen LogP contribution is 2.35. The van der Waals surface area contributed by atoms with E-state index in [1.165, 1.54) is 0 Å². The van der Waals surface area contributed by atoms with E-state index in [4.69, 9.17) is 4.42 Å². The van der Waals surface area contributed by atoms with E-state index in [1.54, 1.807) is 12.1 Å². The first-order chi connectivity index (χ1) is 8.24. The molecule has 2 heterocycles. The van der Waals surface area contributed by atoms with Crippen molar-refractivity contribution in [3.63, 3.8) is 0 Å². The Labute approximate surface area is 108 Å². The standard InChI is InChI=1S/C13H14BrNO2/c14-11-7-10(16)5-9-6-12(17-13(9)11)8-1-3-15-4-2-8/h5-8,15-16H,1-4H2. The maximum atomic E-state index is 9.55. The zero-order chi connectivity index (χ0) is 11.8. The highest BCUT2D eigenvalue weighted by molar-refractivity contribution is 9.10. The minimum atomic E-state index is 0.266. The summed E-state index contributed by atoms with van der Waals surface area (Å²) in [4.78, 5) is 0. The van der Waals surface area contributed by atoms with Crippen LogP contribution in [0.15, 0.2) is 27.1 Å². The molecule has 4 heteroatoms. The summed E-state index contributed by atoms with van der Waals surface area (Å²) in [5, 5.41) is 13.9. The summed E-state index contributed by atoms with van der Waals surface area (Å²) in [6.45, 7) is 2.10. The summed E-state index contributed by atoms with van der Waals surface area (Å²) >= 11 is 3.42. The normalized spacial score (nSPS) is 17.7. The molecule has 0 bridgehead atoms. The molecule has 1 fully saturated rings. The van der Waals surface area contributed by atoms with Gasteiger partial charge in [0, 0.05) is 11.3 Å². The Bertz CT molecular complexity index is 544. The number of rotatable bonds is 1. The van der Waals surface area contributed by atoms with Gasteiger partial charge in [-0.05, 0) is 60.1 Å². The molecule has 17 heavy (non-hydrogen) atoms. The topological polar surface area (TPSA) is 45.4 Å². The Morgan fingerprint density at radius 2 is 2.00 bits per heavy atom. The third kappa shape index (κ3) is 2.07. The minimum Gasteiger partial charge on any atom is -0.508 e. The van der Waals surface area contributed by atoms with E-state index < -0.39 is 0 Å². The minimum absolute atomic E-state index is 0.266. The maximum Gasteiger partial charge on any atom is 0.148 e. The lowest BCUT2D eigenvalue weighted by molar-refractivity contribution is 0.397. The molecule has 1 saturated heterocycles. The molecule has 0 radical (unpaired) electrons. The molecule has 0 aliphatic carbocycles. The molecule has 0 atom stereocenters. The van der Waals surface area contributed by atoms with Gasteiger partial charge in [0.1, 0.15) is 17.1 Å². The Balaban J connectivity index is 2.03. The summed E-state index contributed by atoms with van der Waals surface area (Å²) in [5.74, 6) is 1.80. The molecule has 1 aromatic carbocycles. The number of hydrogen-bond acceptors (Lipinski definition) is 3. The van der Waals surface area contributed by atoms with Gasteiger partial charge >= 0.3 is 0 Å². The van der Waals surface area contributed by atoms with Crippen LogP contribution in [-0.2, 0) is 0 Å². The van der Waals surface area contributed by atoms with Gasteiger partial charge < -0.3 is 14.8 Å². The average molecular weight is 296 g/mol. The summed E-state index contributed by atoms with van der Waals surface area (Å²) in [6.07, 6.45) is 2.23. The fourth-order valence-corrected chi connectivity index (χ4v) is 2.97. The first-order valence-electron chi connectivity index (χ1n) is 5.87. The summed E-state index contributed by atoms with van der Waals surface area (Å²) in [7, 11) is 0. The molecule has 3 nitrogen and oxygen atoms in total. The zero-order valence-electron chi connectivity index (χ0n) is 9.37. The molecule has 2 aromatic rings. The first kappa shape index (κ1) is 11.1. The van der Waals surface area contributed by atoms with Crippen molar-refractivity contribution in [3.05, 3.63) is 28.4 Å². The fraction of sp³-hybridized carbons (Fsp3) is 0.385. The van der Waals surface area contributed by atoms with Crippen LogP contribution in [0.4, 0.5) is 0 Å². The van der Waals surface area contributed by atoms with Crippen LogP contribution in [0, 0.1) is 0 Å². The van der Waals surface area contributed by atoms with Gasteiger partial charge in [-0.3, -0.25) is 0 Å². The highest BCUT2D eigenvalue weighted by Gasteiger charge is 2.19. The number of fused-ring (bicyclic) bond motifs is 1. The summed E-state index contributed by atoms with van der Waals surface area (Å²) in [6, 6.07) is 5.46. The number of halogens is 1. The molecule has 1 aliphatic heterocycles. The van der Waals surface area contributed by atoms with Crippen molar-refractivity contribution >= 4 is 26.9 Å². The number of aromatic hydroxyl groups is 1. The molecule has 90 valence electrons. The summed E-state index contributed by atoms with van der Waals surface area (Å²) < 4.78 is 6.72. The van der Waals surface area contributed by atoms with Gasteiger partial charge in [-0.15, -0.1) is 0 Å². The Morgan fingerprint density at radius 3 is 2.76 bits per heavy atom. The van der Waals surface area contributed by atoms with Crippen LogP contribution in [0.2, 0.25) is 0 Å². The number of furan rings is 1. The molecular formula is C13H14BrNO2. The van der Waals surface area contributed by atoms with Crippen LogP contribution in [0.25, 0.3) is 11.0 Å². The van der Waals surface area contributed by atoms with Gasteiger partial charge in [0.05, 0.1) is 4.47 Å². The fourth-order valence-electron chi connectivity index (χ4n) is 2.42. The number of phenolic OH excluding ortho intramolecular Hbond substituents is 1. The molecule has 3 rings (SSSR count). The van der Waals surface area contributed by atoms with Crippen molar-refractivity contribution in [3.8, 4) is 5.75 Å². The predicted octanol–water partition coefficient (Wildman–Crippen LogP) is 3.37. The van der Waals surface area contributed by atoms with Gasteiger partial charge in [0.15, 0.2) is 0 Å². The predicted molar refractivity (Wildman–Crippen MR) is 70.4 cm³/mol. The Kier molecular flexibility index (Phi) is 2.84. The third-order valence-electron chi connectivity index (χ3n) is 3.32. The molecule has 1 aromatic heterocycles. The SMILES string of the molecule is Oc1cc(Br)c2oc(C3CCNCC3)cc2c1. The van der Waals surface area contributed by atoms with Crippen molar-refractivity contribution in [2.24, 2.45) is 0 Å². The van der Waals surface area contributed by atoms with Crippen LogP contribution in [0.5, 0.6) is 5.75 Å². The lowest BCUT2D eigenvalue weighted by Gasteiger charge is -2.20. The van der Waals surface area contributed by atoms with Crippen molar-refractivity contribution in [1.29, 1.82) is 0 Å². The zero-order valence-corrected chi connectivity index (χ0v) is 11.0. The van der Waals surface area contributed by atoms with Gasteiger partial charge in [-0.1, -0.05) is 0 Å². The van der Waals surface area contributed by atoms with Crippen molar-refractivity contribution < 1.29 is 9.52 Å². The first-order valence-corrected chi connectivity index (χ1v) is 6.66. The molecule has 0 amide bonds. The molecular weight excluding hydrogens is 282 g/mol. The Morgan fingerprint density at radius 1 is 1.24 bits per heavy atom. The summed E-state index contributed by atoms with van der Waals surface area (Å²) in [5.41, 5.74) is 0.830. The molecule has 0 saturated carbocycles. The van der Waals surface area contributed by atoms with Crippen LogP contribution in [-0.4, -0.2) is 18.2 Å². The Hall–Kier alpha value is -1.00. The highest BCUT2D eigenvalue weighted by atomic mass is 79.9. The lowest BCUT2D eigenvalue weighted by Crippen LogP contribution is -2.26. The average Bonchev–Trinajstić information content (AvgIpc) is 2.74. The second-order valence-corrected chi connectivity index (χ2v) is 5.37. The van der Waals surface area contributed by atoms with E-state index in [0.717, 1.165) is 47.1 Å². The van der Waals surface area contributed by atoms with Gasteiger partial charge in [-0.25, -0.2) is 0 Å². The van der Waals surface area contributed by atoms with Crippen LogP contribution in [0.1, 0.15) is 24.5 Å². The number of benzene rings is 1. The van der Waals surface area contributed by atoms with Gasteiger partial charge in [-0.2, -0.15) is 0 Å². The van der Waals surface area contributed by atoms with E-state index in [-0.39, 0.29) is 5.75 Å². The number of hydrogen-bond donors (Lipinski definition) is 2. The van der Waals surface area contributed by atoms with E-state index in [2.05, 4.69) is 27.3 Å². The van der Waals surface area contributed by atoms with E-state index in [1.807, 2.05) is 0 Å². The second-order valence-electron chi connectivity index (χ2n) is 4.52.